The number of hydrogen-bond donors (Lipinski definition) is 2. The molecule has 21 heavy (non-hydrogen) atoms. The van der Waals surface area contributed by atoms with E-state index in [0.717, 1.165) is 36.4 Å². The molecule has 0 radical (unpaired) electrons. The zero-order valence-corrected chi connectivity index (χ0v) is 12.5. The number of thiazole rings is 1. The number of nitrogens with one attached hydrogen (secondary N) is 1. The molecule has 0 aliphatic heterocycles. The van der Waals surface area contributed by atoms with Crippen molar-refractivity contribution >= 4 is 17.2 Å². The first-order valence-corrected chi connectivity index (χ1v) is 7.94. The van der Waals surface area contributed by atoms with Crippen molar-refractivity contribution in [2.75, 3.05) is 6.54 Å². The molecule has 0 atom stereocenters. The molecule has 3 rings (SSSR count). The highest BCUT2D eigenvalue weighted by molar-refractivity contribution is 7.16. The Morgan fingerprint density at radius 1 is 1.33 bits per heavy atom. The number of carbonyl (C=O) groups excluding carboxylic acids is 1. The summed E-state index contributed by atoms with van der Waals surface area (Å²) in [6, 6.07) is 5.65. The third-order valence-electron chi connectivity index (χ3n) is 3.94. The van der Waals surface area contributed by atoms with E-state index in [1.807, 2.05) is 18.2 Å². The third-order valence-corrected chi connectivity index (χ3v) is 4.96. The van der Waals surface area contributed by atoms with E-state index in [2.05, 4.69) is 15.3 Å². The number of nitrogens with two attached hydrogens (primary N) is 1. The van der Waals surface area contributed by atoms with Crippen LogP contribution in [-0.2, 0) is 0 Å². The van der Waals surface area contributed by atoms with E-state index >= 15 is 0 Å². The minimum atomic E-state index is -0.230. The Morgan fingerprint density at radius 2 is 2.14 bits per heavy atom. The van der Waals surface area contributed by atoms with Crippen LogP contribution < -0.4 is 11.1 Å². The van der Waals surface area contributed by atoms with E-state index in [1.165, 1.54) is 11.3 Å². The molecule has 2 aromatic heterocycles. The summed E-state index contributed by atoms with van der Waals surface area (Å²) in [5, 5.41) is 3.87. The molecule has 1 aliphatic carbocycles. The smallest absolute Gasteiger partial charge is 0.263 e. The number of pyridine rings is 1. The first kappa shape index (κ1) is 14.2. The van der Waals surface area contributed by atoms with Crippen molar-refractivity contribution in [3.8, 4) is 10.7 Å². The second-order valence-electron chi connectivity index (χ2n) is 5.39. The first-order chi connectivity index (χ1) is 10.2. The maximum Gasteiger partial charge on any atom is 0.263 e. The molecular weight excluding hydrogens is 284 g/mol. The maximum atomic E-state index is 12.4. The van der Waals surface area contributed by atoms with Gasteiger partial charge < -0.3 is 11.1 Å². The van der Waals surface area contributed by atoms with Gasteiger partial charge >= 0.3 is 0 Å². The largest absolute Gasteiger partial charge is 0.345 e. The summed E-state index contributed by atoms with van der Waals surface area (Å²) in [4.78, 5) is 21.5. The Hall–Kier alpha value is -1.79. The fourth-order valence-corrected chi connectivity index (χ4v) is 3.51. The monoisotopic (exact) mass is 302 g/mol. The van der Waals surface area contributed by atoms with Crippen LogP contribution in [-0.4, -0.2) is 28.0 Å². The summed E-state index contributed by atoms with van der Waals surface area (Å²) in [5.74, 6) is -0.0815. The van der Waals surface area contributed by atoms with Crippen LogP contribution in [0.4, 0.5) is 0 Å². The topological polar surface area (TPSA) is 80.9 Å². The van der Waals surface area contributed by atoms with Gasteiger partial charge in [-0.15, -0.1) is 11.3 Å². The van der Waals surface area contributed by atoms with Gasteiger partial charge in [-0.25, -0.2) is 4.98 Å². The number of aromatic nitrogens is 2. The van der Waals surface area contributed by atoms with E-state index in [4.69, 9.17) is 5.73 Å². The zero-order chi connectivity index (χ0) is 14.7. The van der Waals surface area contributed by atoms with Gasteiger partial charge in [0.25, 0.3) is 5.91 Å². The molecule has 0 bridgehead atoms. The van der Waals surface area contributed by atoms with Crippen molar-refractivity contribution in [1.29, 1.82) is 0 Å². The number of rotatable bonds is 4. The highest BCUT2D eigenvalue weighted by Gasteiger charge is 2.34. The second kappa shape index (κ2) is 5.91. The van der Waals surface area contributed by atoms with Gasteiger partial charge in [0.1, 0.15) is 9.88 Å². The normalized spacial score (nSPS) is 16.8. The van der Waals surface area contributed by atoms with Gasteiger partial charge in [0.05, 0.1) is 17.4 Å². The molecule has 1 amide bonds. The number of carbonyl (C=O) groups is 1. The quantitative estimate of drug-likeness (QED) is 0.907. The standard InChI is InChI=1S/C15H18N4OS/c16-10-15(6-2-3-7-15)19-13(20)12-9-18-14(21-12)11-5-1-4-8-17-11/h1,4-5,8-9H,2-3,6-7,10,16H2,(H,19,20). The molecule has 110 valence electrons. The number of nitrogens with zero attached hydrogens (tertiary/aromatic N) is 2. The summed E-state index contributed by atoms with van der Waals surface area (Å²) in [6.45, 7) is 0.491. The third kappa shape index (κ3) is 2.96. The van der Waals surface area contributed by atoms with E-state index in [9.17, 15) is 4.79 Å². The minimum Gasteiger partial charge on any atom is -0.345 e. The SMILES string of the molecule is NCC1(NC(=O)c2cnc(-c3ccccn3)s2)CCCC1. The molecule has 0 unspecified atom stereocenters. The molecule has 2 heterocycles. The first-order valence-electron chi connectivity index (χ1n) is 7.12. The van der Waals surface area contributed by atoms with Crippen molar-refractivity contribution in [2.24, 2.45) is 5.73 Å². The van der Waals surface area contributed by atoms with Gasteiger partial charge in [-0.05, 0) is 25.0 Å². The van der Waals surface area contributed by atoms with E-state index in [-0.39, 0.29) is 11.4 Å². The van der Waals surface area contributed by atoms with Crippen molar-refractivity contribution in [3.05, 3.63) is 35.5 Å². The fourth-order valence-electron chi connectivity index (χ4n) is 2.72. The van der Waals surface area contributed by atoms with Gasteiger partial charge in [0, 0.05) is 12.7 Å². The van der Waals surface area contributed by atoms with Gasteiger partial charge in [-0.2, -0.15) is 0 Å². The molecule has 2 aromatic rings. The van der Waals surface area contributed by atoms with E-state index < -0.39 is 0 Å². The lowest BCUT2D eigenvalue weighted by atomic mass is 9.98. The molecular formula is C15H18N4OS. The Labute approximate surface area is 127 Å². The highest BCUT2D eigenvalue weighted by Crippen LogP contribution is 2.30. The van der Waals surface area contributed by atoms with Crippen LogP contribution in [0.25, 0.3) is 10.7 Å². The van der Waals surface area contributed by atoms with Crippen LogP contribution >= 0.6 is 11.3 Å². The minimum absolute atomic E-state index is 0.0815. The van der Waals surface area contributed by atoms with Crippen molar-refractivity contribution in [1.82, 2.24) is 15.3 Å². The summed E-state index contributed by atoms with van der Waals surface area (Å²) in [6.07, 6.45) is 7.50. The molecule has 1 saturated carbocycles. The molecule has 1 fully saturated rings. The lowest BCUT2D eigenvalue weighted by molar-refractivity contribution is 0.0907. The molecule has 5 nitrogen and oxygen atoms in total. The summed E-state index contributed by atoms with van der Waals surface area (Å²) in [7, 11) is 0. The molecule has 3 N–H and O–H groups in total. The molecule has 0 spiro atoms. The van der Waals surface area contributed by atoms with Gasteiger partial charge in [-0.3, -0.25) is 9.78 Å². The molecule has 6 heteroatoms. The van der Waals surface area contributed by atoms with Gasteiger partial charge in [0.2, 0.25) is 0 Å². The van der Waals surface area contributed by atoms with Crippen LogP contribution in [0.2, 0.25) is 0 Å². The van der Waals surface area contributed by atoms with E-state index in [0.29, 0.717) is 11.4 Å². The molecule has 0 saturated heterocycles. The summed E-state index contributed by atoms with van der Waals surface area (Å²) >= 11 is 1.36. The predicted molar refractivity (Wildman–Crippen MR) is 83.1 cm³/mol. The summed E-state index contributed by atoms with van der Waals surface area (Å²) in [5.41, 5.74) is 6.41. The average Bonchev–Trinajstić information content (AvgIpc) is 3.18. The van der Waals surface area contributed by atoms with Crippen LogP contribution in [0, 0.1) is 0 Å². The molecule has 1 aliphatic rings. The van der Waals surface area contributed by atoms with Crippen LogP contribution in [0.3, 0.4) is 0 Å². The maximum absolute atomic E-state index is 12.4. The van der Waals surface area contributed by atoms with Crippen molar-refractivity contribution in [2.45, 2.75) is 31.2 Å². The highest BCUT2D eigenvalue weighted by atomic mass is 32.1. The van der Waals surface area contributed by atoms with Crippen LogP contribution in [0.1, 0.15) is 35.4 Å². The van der Waals surface area contributed by atoms with Gasteiger partial charge in [0.15, 0.2) is 0 Å². The van der Waals surface area contributed by atoms with Crippen molar-refractivity contribution < 1.29 is 4.79 Å². The lowest BCUT2D eigenvalue weighted by Crippen LogP contribution is -2.51. The van der Waals surface area contributed by atoms with Crippen LogP contribution in [0.5, 0.6) is 0 Å². The number of amides is 1. The Balaban J connectivity index is 1.75. The Morgan fingerprint density at radius 3 is 2.81 bits per heavy atom. The van der Waals surface area contributed by atoms with Gasteiger partial charge in [-0.1, -0.05) is 18.9 Å². The lowest BCUT2D eigenvalue weighted by Gasteiger charge is -2.28. The summed E-state index contributed by atoms with van der Waals surface area (Å²) < 4.78 is 0. The molecule has 0 aromatic carbocycles. The zero-order valence-electron chi connectivity index (χ0n) is 11.7. The second-order valence-corrected chi connectivity index (χ2v) is 6.42. The predicted octanol–water partition coefficient (Wildman–Crippen LogP) is 2.21. The Kier molecular flexibility index (Phi) is 3.98. The van der Waals surface area contributed by atoms with Crippen LogP contribution in [0.15, 0.2) is 30.6 Å². The Bertz CT molecular complexity index is 620. The fraction of sp³-hybridized carbons (Fsp3) is 0.400. The number of hydrogen-bond acceptors (Lipinski definition) is 5. The van der Waals surface area contributed by atoms with Crippen molar-refractivity contribution in [3.63, 3.8) is 0 Å². The van der Waals surface area contributed by atoms with E-state index in [1.54, 1.807) is 12.4 Å². The average molecular weight is 302 g/mol.